The smallest absolute Gasteiger partial charge is 0.253 e. The SMILES string of the molecule is CC(CO)NC(=O)c1cccc(F)c1N. The first-order valence-corrected chi connectivity index (χ1v) is 4.52. The Morgan fingerprint density at radius 3 is 2.93 bits per heavy atom. The van der Waals surface area contributed by atoms with Crippen LogP contribution in [0.25, 0.3) is 0 Å². The average molecular weight is 212 g/mol. The lowest BCUT2D eigenvalue weighted by Crippen LogP contribution is -2.35. The minimum Gasteiger partial charge on any atom is -0.396 e. The van der Waals surface area contributed by atoms with Crippen molar-refractivity contribution < 1.29 is 14.3 Å². The molecule has 1 atom stereocenters. The Kier molecular flexibility index (Phi) is 3.62. The summed E-state index contributed by atoms with van der Waals surface area (Å²) >= 11 is 0. The number of nitrogen functional groups attached to an aromatic ring is 1. The monoisotopic (exact) mass is 212 g/mol. The van der Waals surface area contributed by atoms with E-state index in [0.717, 1.165) is 0 Å². The number of hydrogen-bond acceptors (Lipinski definition) is 3. The van der Waals surface area contributed by atoms with Crippen LogP contribution in [-0.2, 0) is 0 Å². The highest BCUT2D eigenvalue weighted by molar-refractivity contribution is 5.99. The van der Waals surface area contributed by atoms with Crippen LogP contribution < -0.4 is 11.1 Å². The maximum absolute atomic E-state index is 13.0. The fourth-order valence-electron chi connectivity index (χ4n) is 1.08. The van der Waals surface area contributed by atoms with Gasteiger partial charge in [0.1, 0.15) is 5.82 Å². The summed E-state index contributed by atoms with van der Waals surface area (Å²) in [5.41, 5.74) is 5.30. The van der Waals surface area contributed by atoms with E-state index in [9.17, 15) is 9.18 Å². The molecule has 0 spiro atoms. The van der Waals surface area contributed by atoms with Crippen molar-refractivity contribution in [2.75, 3.05) is 12.3 Å². The van der Waals surface area contributed by atoms with Gasteiger partial charge in [-0.25, -0.2) is 4.39 Å². The van der Waals surface area contributed by atoms with Gasteiger partial charge in [-0.05, 0) is 19.1 Å². The van der Waals surface area contributed by atoms with Crippen molar-refractivity contribution in [3.05, 3.63) is 29.6 Å². The van der Waals surface area contributed by atoms with Gasteiger partial charge in [-0.2, -0.15) is 0 Å². The molecular weight excluding hydrogens is 199 g/mol. The summed E-state index contributed by atoms with van der Waals surface area (Å²) in [5.74, 6) is -1.12. The fourth-order valence-corrected chi connectivity index (χ4v) is 1.08. The van der Waals surface area contributed by atoms with E-state index in [1.54, 1.807) is 6.92 Å². The zero-order chi connectivity index (χ0) is 11.4. The molecule has 82 valence electrons. The van der Waals surface area contributed by atoms with Crippen molar-refractivity contribution in [3.8, 4) is 0 Å². The molecule has 0 aliphatic heterocycles. The molecule has 4 nitrogen and oxygen atoms in total. The van der Waals surface area contributed by atoms with E-state index in [0.29, 0.717) is 0 Å². The van der Waals surface area contributed by atoms with Crippen molar-refractivity contribution >= 4 is 11.6 Å². The van der Waals surface area contributed by atoms with Crippen molar-refractivity contribution in [1.29, 1.82) is 0 Å². The molecule has 0 bridgehead atoms. The average Bonchev–Trinajstić information content (AvgIpc) is 2.21. The van der Waals surface area contributed by atoms with Gasteiger partial charge in [-0.1, -0.05) is 6.07 Å². The Bertz CT molecular complexity index is 368. The molecule has 4 N–H and O–H groups in total. The van der Waals surface area contributed by atoms with Crippen LogP contribution in [0.4, 0.5) is 10.1 Å². The molecule has 0 fully saturated rings. The fraction of sp³-hybridized carbons (Fsp3) is 0.300. The van der Waals surface area contributed by atoms with Gasteiger partial charge in [0, 0.05) is 6.04 Å². The molecule has 0 radical (unpaired) electrons. The van der Waals surface area contributed by atoms with Crippen molar-refractivity contribution in [1.82, 2.24) is 5.32 Å². The Morgan fingerprint density at radius 1 is 1.67 bits per heavy atom. The minimum atomic E-state index is -0.626. The lowest BCUT2D eigenvalue weighted by molar-refractivity contribution is 0.0923. The van der Waals surface area contributed by atoms with Crippen LogP contribution in [0.5, 0.6) is 0 Å². The van der Waals surface area contributed by atoms with E-state index < -0.39 is 11.7 Å². The van der Waals surface area contributed by atoms with Gasteiger partial charge >= 0.3 is 0 Å². The molecule has 0 aliphatic carbocycles. The van der Waals surface area contributed by atoms with Crippen LogP contribution >= 0.6 is 0 Å². The van der Waals surface area contributed by atoms with Gasteiger partial charge in [0.25, 0.3) is 5.91 Å². The number of nitrogens with one attached hydrogen (secondary N) is 1. The number of carbonyl (C=O) groups is 1. The van der Waals surface area contributed by atoms with Crippen molar-refractivity contribution in [2.24, 2.45) is 0 Å². The largest absolute Gasteiger partial charge is 0.396 e. The first-order chi connectivity index (χ1) is 7.06. The van der Waals surface area contributed by atoms with E-state index in [4.69, 9.17) is 10.8 Å². The zero-order valence-corrected chi connectivity index (χ0v) is 8.33. The standard InChI is InChI=1S/C10H13FN2O2/c1-6(5-14)13-10(15)7-3-2-4-8(11)9(7)12/h2-4,6,14H,5,12H2,1H3,(H,13,15). The molecule has 1 rings (SSSR count). The molecule has 0 aromatic heterocycles. The lowest BCUT2D eigenvalue weighted by atomic mass is 10.1. The Hall–Kier alpha value is -1.62. The van der Waals surface area contributed by atoms with Crippen LogP contribution in [0.15, 0.2) is 18.2 Å². The molecule has 1 aromatic rings. The third kappa shape index (κ3) is 2.66. The van der Waals surface area contributed by atoms with Crippen molar-refractivity contribution in [2.45, 2.75) is 13.0 Å². The predicted molar refractivity (Wildman–Crippen MR) is 54.8 cm³/mol. The van der Waals surface area contributed by atoms with Crippen LogP contribution in [0.3, 0.4) is 0 Å². The predicted octanol–water partition coefficient (Wildman–Crippen LogP) is 0.519. The summed E-state index contributed by atoms with van der Waals surface area (Å²) in [4.78, 5) is 11.5. The quantitative estimate of drug-likeness (QED) is 0.639. The molecule has 0 heterocycles. The Balaban J connectivity index is 2.87. The second kappa shape index (κ2) is 4.75. The number of anilines is 1. The number of halogens is 1. The van der Waals surface area contributed by atoms with E-state index in [1.165, 1.54) is 18.2 Å². The zero-order valence-electron chi connectivity index (χ0n) is 8.33. The van der Waals surface area contributed by atoms with E-state index in [2.05, 4.69) is 5.32 Å². The summed E-state index contributed by atoms with van der Waals surface area (Å²) in [6, 6.07) is 3.63. The highest BCUT2D eigenvalue weighted by Gasteiger charge is 2.13. The lowest BCUT2D eigenvalue weighted by Gasteiger charge is -2.12. The van der Waals surface area contributed by atoms with Crippen LogP contribution in [-0.4, -0.2) is 23.7 Å². The van der Waals surface area contributed by atoms with Crippen LogP contribution in [0.2, 0.25) is 0 Å². The van der Waals surface area contributed by atoms with Crippen molar-refractivity contribution in [3.63, 3.8) is 0 Å². The van der Waals surface area contributed by atoms with Gasteiger partial charge in [0.15, 0.2) is 0 Å². The summed E-state index contributed by atoms with van der Waals surface area (Å²) in [5, 5.41) is 11.2. The molecule has 1 unspecified atom stereocenters. The number of aliphatic hydroxyl groups is 1. The van der Waals surface area contributed by atoms with Gasteiger partial charge in [-0.15, -0.1) is 0 Å². The second-order valence-corrected chi connectivity index (χ2v) is 3.26. The maximum atomic E-state index is 13.0. The molecule has 0 aliphatic rings. The summed E-state index contributed by atoms with van der Waals surface area (Å²) < 4.78 is 13.0. The highest BCUT2D eigenvalue weighted by atomic mass is 19.1. The molecule has 15 heavy (non-hydrogen) atoms. The van der Waals surface area contributed by atoms with Crippen LogP contribution in [0, 0.1) is 5.82 Å². The Labute approximate surface area is 86.9 Å². The molecule has 5 heteroatoms. The number of nitrogens with two attached hydrogens (primary N) is 1. The number of carbonyl (C=O) groups excluding carboxylic acids is 1. The number of amides is 1. The third-order valence-electron chi connectivity index (χ3n) is 1.95. The number of benzene rings is 1. The maximum Gasteiger partial charge on any atom is 0.253 e. The summed E-state index contributed by atoms with van der Waals surface area (Å²) in [7, 11) is 0. The third-order valence-corrected chi connectivity index (χ3v) is 1.95. The van der Waals surface area contributed by atoms with E-state index >= 15 is 0 Å². The summed E-state index contributed by atoms with van der Waals surface area (Å²) in [6.45, 7) is 1.45. The van der Waals surface area contributed by atoms with Crippen LogP contribution in [0.1, 0.15) is 17.3 Å². The minimum absolute atomic E-state index is 0.0790. The van der Waals surface area contributed by atoms with E-state index in [1.807, 2.05) is 0 Å². The highest BCUT2D eigenvalue weighted by Crippen LogP contribution is 2.15. The summed E-state index contributed by atoms with van der Waals surface area (Å²) in [6.07, 6.45) is 0. The first kappa shape index (κ1) is 11.5. The van der Waals surface area contributed by atoms with Gasteiger partial charge in [0.05, 0.1) is 17.9 Å². The number of para-hydroxylation sites is 1. The van der Waals surface area contributed by atoms with E-state index in [-0.39, 0.29) is 23.9 Å². The van der Waals surface area contributed by atoms with Gasteiger partial charge in [0.2, 0.25) is 0 Å². The molecule has 0 saturated heterocycles. The number of aliphatic hydroxyl groups excluding tert-OH is 1. The Morgan fingerprint density at radius 2 is 2.33 bits per heavy atom. The molecule has 1 aromatic carbocycles. The number of rotatable bonds is 3. The topological polar surface area (TPSA) is 75.3 Å². The molecule has 1 amide bonds. The number of hydrogen-bond donors (Lipinski definition) is 3. The van der Waals surface area contributed by atoms with Gasteiger partial charge < -0.3 is 16.2 Å². The second-order valence-electron chi connectivity index (χ2n) is 3.26. The molecular formula is C10H13FN2O2. The molecule has 0 saturated carbocycles. The van der Waals surface area contributed by atoms with Gasteiger partial charge in [-0.3, -0.25) is 4.79 Å². The first-order valence-electron chi connectivity index (χ1n) is 4.52. The normalized spacial score (nSPS) is 12.2.